The smallest absolute Gasteiger partial charge is 0.180 e. The van der Waals surface area contributed by atoms with Crippen molar-refractivity contribution >= 4 is 54.8 Å². The van der Waals surface area contributed by atoms with Crippen molar-refractivity contribution in [2.75, 3.05) is 0 Å². The number of para-hydroxylation sites is 2. The zero-order valence-corrected chi connectivity index (χ0v) is 25.7. The third-order valence-corrected chi connectivity index (χ3v) is 9.29. The summed E-state index contributed by atoms with van der Waals surface area (Å²) in [6.07, 6.45) is 0. The Kier molecular flexibility index (Phi) is 5.84. The minimum atomic E-state index is 0.631. The molecule has 4 heteroatoms. The maximum Gasteiger partial charge on any atom is 0.180 e. The molecule has 0 unspecified atom stereocenters. The molecule has 0 aliphatic heterocycles. The lowest BCUT2D eigenvalue weighted by molar-refractivity contribution is 0.664. The highest BCUT2D eigenvalue weighted by molar-refractivity contribution is 6.21. The predicted octanol–water partition coefficient (Wildman–Crippen LogP) is 12.1. The number of rotatable bonds is 4. The van der Waals surface area contributed by atoms with Crippen LogP contribution in [0, 0.1) is 0 Å². The number of furan rings is 2. The first kappa shape index (κ1) is 26.7. The summed E-state index contributed by atoms with van der Waals surface area (Å²) in [5.41, 5.74) is 10.9. The van der Waals surface area contributed by atoms with E-state index in [-0.39, 0.29) is 0 Å². The molecule has 224 valence electrons. The zero-order chi connectivity index (χ0) is 31.6. The molecular formula is C44H26N2O2. The molecule has 0 radical (unpaired) electrons. The van der Waals surface area contributed by atoms with Crippen LogP contribution in [0.15, 0.2) is 167 Å². The van der Waals surface area contributed by atoms with E-state index in [4.69, 9.17) is 18.8 Å². The van der Waals surface area contributed by atoms with Gasteiger partial charge in [-0.1, -0.05) is 127 Å². The molecule has 7 aromatic carbocycles. The molecule has 0 aliphatic carbocycles. The Labute approximate surface area is 275 Å². The summed E-state index contributed by atoms with van der Waals surface area (Å²) >= 11 is 0. The van der Waals surface area contributed by atoms with Gasteiger partial charge in [0.2, 0.25) is 0 Å². The first-order chi connectivity index (χ1) is 23.8. The average Bonchev–Trinajstić information content (AvgIpc) is 3.74. The minimum Gasteiger partial charge on any atom is -0.455 e. The van der Waals surface area contributed by atoms with Crippen molar-refractivity contribution in [3.8, 4) is 44.9 Å². The molecule has 0 bridgehead atoms. The third kappa shape index (κ3) is 4.10. The predicted molar refractivity (Wildman–Crippen MR) is 196 cm³/mol. The molecule has 0 atom stereocenters. The summed E-state index contributed by atoms with van der Waals surface area (Å²) in [6, 6.07) is 54.4. The Hall–Kier alpha value is -6.52. The fraction of sp³-hybridized carbons (Fsp3) is 0. The average molecular weight is 615 g/mol. The van der Waals surface area contributed by atoms with Gasteiger partial charge in [-0.05, 0) is 58.0 Å². The van der Waals surface area contributed by atoms with Crippen LogP contribution in [0.3, 0.4) is 0 Å². The third-order valence-electron chi connectivity index (χ3n) is 9.29. The fourth-order valence-corrected chi connectivity index (χ4v) is 7.03. The quantitative estimate of drug-likeness (QED) is 0.198. The Bertz CT molecular complexity index is 2830. The van der Waals surface area contributed by atoms with E-state index >= 15 is 0 Å². The van der Waals surface area contributed by atoms with E-state index in [1.807, 2.05) is 24.3 Å². The van der Waals surface area contributed by atoms with Gasteiger partial charge >= 0.3 is 0 Å². The topological polar surface area (TPSA) is 52.1 Å². The molecule has 10 rings (SSSR count). The van der Waals surface area contributed by atoms with Crippen molar-refractivity contribution in [3.63, 3.8) is 0 Å². The fourth-order valence-electron chi connectivity index (χ4n) is 7.03. The second-order valence-corrected chi connectivity index (χ2v) is 12.1. The summed E-state index contributed by atoms with van der Waals surface area (Å²) in [4.78, 5) is 10.4. The normalized spacial score (nSPS) is 11.8. The maximum atomic E-state index is 6.89. The highest BCUT2D eigenvalue weighted by Gasteiger charge is 2.23. The van der Waals surface area contributed by atoms with E-state index in [1.165, 1.54) is 11.1 Å². The van der Waals surface area contributed by atoms with Gasteiger partial charge < -0.3 is 8.83 Å². The Balaban J connectivity index is 1.26. The summed E-state index contributed by atoms with van der Waals surface area (Å²) in [5.74, 6) is 0.631. The van der Waals surface area contributed by atoms with Crippen molar-refractivity contribution < 1.29 is 8.83 Å². The number of fused-ring (bicyclic) bond motifs is 8. The van der Waals surface area contributed by atoms with Gasteiger partial charge in [-0.2, -0.15) is 0 Å². The summed E-state index contributed by atoms with van der Waals surface area (Å²) in [6.45, 7) is 0. The van der Waals surface area contributed by atoms with Gasteiger partial charge in [-0.3, -0.25) is 0 Å². The lowest BCUT2D eigenvalue weighted by Gasteiger charge is -2.08. The highest BCUT2D eigenvalue weighted by atomic mass is 16.3. The van der Waals surface area contributed by atoms with Crippen molar-refractivity contribution in [1.82, 2.24) is 9.97 Å². The number of nitrogens with zero attached hydrogens (tertiary/aromatic N) is 2. The van der Waals surface area contributed by atoms with Gasteiger partial charge in [0, 0.05) is 32.7 Å². The van der Waals surface area contributed by atoms with Crippen LogP contribution < -0.4 is 0 Å². The molecule has 4 nitrogen and oxygen atoms in total. The standard InChI is InChI=1S/C44H26N2O2/c1-3-13-27(14-4-1)29-17-11-18-30(25-29)44-45-39-34-21-9-10-24-38(34)47-43(39)40(46-44)35-23-12-22-33-37-26-36(28-15-5-2-6-16-28)31-19-7-8-20-32(31)42(37)48-41(33)35/h1-26H. The van der Waals surface area contributed by atoms with Gasteiger partial charge in [-0.15, -0.1) is 0 Å². The summed E-state index contributed by atoms with van der Waals surface area (Å²) in [7, 11) is 0. The summed E-state index contributed by atoms with van der Waals surface area (Å²) in [5, 5.41) is 5.27. The van der Waals surface area contributed by atoms with Crippen LogP contribution in [0.4, 0.5) is 0 Å². The first-order valence-electron chi connectivity index (χ1n) is 16.1. The molecule has 10 aromatic rings. The molecule has 0 spiro atoms. The van der Waals surface area contributed by atoms with E-state index in [0.29, 0.717) is 17.1 Å². The van der Waals surface area contributed by atoms with Crippen molar-refractivity contribution in [3.05, 3.63) is 158 Å². The van der Waals surface area contributed by atoms with Crippen LogP contribution in [-0.4, -0.2) is 9.97 Å². The van der Waals surface area contributed by atoms with Gasteiger partial charge in [0.15, 0.2) is 11.4 Å². The minimum absolute atomic E-state index is 0.631. The molecule has 0 amide bonds. The molecule has 0 aliphatic rings. The van der Waals surface area contributed by atoms with E-state index in [0.717, 1.165) is 71.5 Å². The van der Waals surface area contributed by atoms with Crippen LogP contribution in [0.2, 0.25) is 0 Å². The van der Waals surface area contributed by atoms with Crippen LogP contribution in [0.25, 0.3) is 99.7 Å². The number of aromatic nitrogens is 2. The van der Waals surface area contributed by atoms with Gasteiger partial charge in [0.1, 0.15) is 28.0 Å². The number of hydrogen-bond acceptors (Lipinski definition) is 4. The van der Waals surface area contributed by atoms with Crippen molar-refractivity contribution in [1.29, 1.82) is 0 Å². The van der Waals surface area contributed by atoms with Gasteiger partial charge in [0.25, 0.3) is 0 Å². The number of hydrogen-bond donors (Lipinski definition) is 0. The largest absolute Gasteiger partial charge is 0.455 e. The Morgan fingerprint density at radius 1 is 0.354 bits per heavy atom. The maximum absolute atomic E-state index is 6.89. The molecule has 3 aromatic heterocycles. The Morgan fingerprint density at radius 2 is 0.979 bits per heavy atom. The summed E-state index contributed by atoms with van der Waals surface area (Å²) < 4.78 is 13.4. The van der Waals surface area contributed by atoms with Crippen LogP contribution in [-0.2, 0) is 0 Å². The molecular weight excluding hydrogens is 588 g/mol. The van der Waals surface area contributed by atoms with Crippen LogP contribution in [0.1, 0.15) is 0 Å². The molecule has 0 saturated heterocycles. The van der Waals surface area contributed by atoms with Crippen LogP contribution >= 0.6 is 0 Å². The van der Waals surface area contributed by atoms with E-state index in [9.17, 15) is 0 Å². The molecule has 0 fully saturated rings. The number of benzene rings is 7. The van der Waals surface area contributed by atoms with Crippen molar-refractivity contribution in [2.24, 2.45) is 0 Å². The monoisotopic (exact) mass is 614 g/mol. The van der Waals surface area contributed by atoms with Crippen molar-refractivity contribution in [2.45, 2.75) is 0 Å². The van der Waals surface area contributed by atoms with E-state index in [1.54, 1.807) is 0 Å². The second kappa shape index (κ2) is 10.5. The highest BCUT2D eigenvalue weighted by Crippen LogP contribution is 2.44. The van der Waals surface area contributed by atoms with E-state index < -0.39 is 0 Å². The lowest BCUT2D eigenvalue weighted by Crippen LogP contribution is -1.94. The van der Waals surface area contributed by atoms with Gasteiger partial charge in [-0.25, -0.2) is 9.97 Å². The molecule has 3 heterocycles. The first-order valence-corrected chi connectivity index (χ1v) is 16.1. The molecule has 48 heavy (non-hydrogen) atoms. The second-order valence-electron chi connectivity index (χ2n) is 12.1. The van der Waals surface area contributed by atoms with E-state index in [2.05, 4.69) is 133 Å². The SMILES string of the molecule is c1ccc(-c2cccc(-c3nc(-c4cccc5c4oc4c6ccccc6c(-c6ccccc6)cc54)c4oc5ccccc5c4n3)c2)cc1. The zero-order valence-electron chi connectivity index (χ0n) is 25.7. The lowest BCUT2D eigenvalue weighted by atomic mass is 9.95. The molecule has 0 saturated carbocycles. The van der Waals surface area contributed by atoms with Crippen LogP contribution in [0.5, 0.6) is 0 Å². The Morgan fingerprint density at radius 3 is 1.81 bits per heavy atom. The molecule has 0 N–H and O–H groups in total. The van der Waals surface area contributed by atoms with Gasteiger partial charge in [0.05, 0.1) is 0 Å².